The summed E-state index contributed by atoms with van der Waals surface area (Å²) in [7, 11) is 2.09. The normalized spacial score (nSPS) is 18.2. The Bertz CT molecular complexity index is 145. The number of rotatable bonds is 7. The van der Waals surface area contributed by atoms with Crippen molar-refractivity contribution in [3.63, 3.8) is 0 Å². The maximum absolute atomic E-state index is 10.0. The molecule has 0 aliphatic carbocycles. The molecule has 0 aromatic carbocycles. The highest BCUT2D eigenvalue weighted by Crippen LogP contribution is 2.14. The SMILES string of the molecule is CCCC(C)(O)CN(C)CC(C)CC. The highest BCUT2D eigenvalue weighted by molar-refractivity contribution is 4.76. The predicted molar refractivity (Wildman–Crippen MR) is 62.5 cm³/mol. The van der Waals surface area contributed by atoms with Crippen LogP contribution in [0.1, 0.15) is 47.0 Å². The Morgan fingerprint density at radius 1 is 1.36 bits per heavy atom. The minimum atomic E-state index is -0.517. The summed E-state index contributed by atoms with van der Waals surface area (Å²) in [6, 6.07) is 0. The van der Waals surface area contributed by atoms with E-state index in [1.807, 2.05) is 6.92 Å². The van der Waals surface area contributed by atoms with Crippen LogP contribution in [0.5, 0.6) is 0 Å². The zero-order valence-corrected chi connectivity index (χ0v) is 10.5. The van der Waals surface area contributed by atoms with Crippen molar-refractivity contribution in [2.75, 3.05) is 20.1 Å². The second-order valence-electron chi connectivity index (χ2n) is 4.96. The van der Waals surface area contributed by atoms with E-state index >= 15 is 0 Å². The zero-order chi connectivity index (χ0) is 11.2. The molecule has 0 aromatic heterocycles. The van der Waals surface area contributed by atoms with Gasteiger partial charge in [0.05, 0.1) is 5.60 Å². The van der Waals surface area contributed by atoms with Gasteiger partial charge in [-0.2, -0.15) is 0 Å². The van der Waals surface area contributed by atoms with Crippen LogP contribution in [0.3, 0.4) is 0 Å². The Hall–Kier alpha value is -0.0800. The zero-order valence-electron chi connectivity index (χ0n) is 10.5. The van der Waals surface area contributed by atoms with Crippen molar-refractivity contribution in [2.24, 2.45) is 5.92 Å². The summed E-state index contributed by atoms with van der Waals surface area (Å²) < 4.78 is 0. The maximum Gasteiger partial charge on any atom is 0.0745 e. The average molecular weight is 201 g/mol. The first-order chi connectivity index (χ1) is 6.41. The van der Waals surface area contributed by atoms with Gasteiger partial charge in [0.1, 0.15) is 0 Å². The van der Waals surface area contributed by atoms with Gasteiger partial charge in [0.15, 0.2) is 0 Å². The lowest BCUT2D eigenvalue weighted by atomic mass is 9.99. The summed E-state index contributed by atoms with van der Waals surface area (Å²) in [5, 5.41) is 10.0. The summed E-state index contributed by atoms with van der Waals surface area (Å²) in [6.45, 7) is 10.4. The van der Waals surface area contributed by atoms with Gasteiger partial charge in [0, 0.05) is 13.1 Å². The van der Waals surface area contributed by atoms with E-state index in [1.165, 1.54) is 6.42 Å². The van der Waals surface area contributed by atoms with Crippen LogP contribution in [0.15, 0.2) is 0 Å². The molecule has 0 rings (SSSR count). The number of hydrogen-bond donors (Lipinski definition) is 1. The summed E-state index contributed by atoms with van der Waals surface area (Å²) in [5.74, 6) is 0.720. The first-order valence-corrected chi connectivity index (χ1v) is 5.82. The molecule has 0 spiro atoms. The van der Waals surface area contributed by atoms with E-state index in [9.17, 15) is 5.11 Å². The smallest absolute Gasteiger partial charge is 0.0745 e. The Morgan fingerprint density at radius 3 is 2.36 bits per heavy atom. The first-order valence-electron chi connectivity index (χ1n) is 5.82. The molecule has 1 N–H and O–H groups in total. The molecule has 0 bridgehead atoms. The third-order valence-electron chi connectivity index (χ3n) is 2.72. The van der Waals surface area contributed by atoms with Crippen LogP contribution in [0.2, 0.25) is 0 Å². The van der Waals surface area contributed by atoms with Gasteiger partial charge in [-0.15, -0.1) is 0 Å². The second-order valence-corrected chi connectivity index (χ2v) is 4.96. The van der Waals surface area contributed by atoms with Crippen molar-refractivity contribution in [1.29, 1.82) is 0 Å². The van der Waals surface area contributed by atoms with Crippen molar-refractivity contribution < 1.29 is 5.11 Å². The summed E-state index contributed by atoms with van der Waals surface area (Å²) >= 11 is 0. The number of likely N-dealkylation sites (N-methyl/N-ethyl adjacent to an activating group) is 1. The van der Waals surface area contributed by atoms with Gasteiger partial charge in [-0.05, 0) is 26.3 Å². The molecule has 86 valence electrons. The topological polar surface area (TPSA) is 23.5 Å². The quantitative estimate of drug-likeness (QED) is 0.684. The summed E-state index contributed by atoms with van der Waals surface area (Å²) in [4.78, 5) is 2.24. The van der Waals surface area contributed by atoms with Gasteiger partial charge in [-0.3, -0.25) is 0 Å². The Morgan fingerprint density at radius 2 is 1.93 bits per heavy atom. The maximum atomic E-state index is 10.0. The highest BCUT2D eigenvalue weighted by atomic mass is 16.3. The standard InChI is InChI=1S/C12H27NO/c1-6-8-12(4,14)10-13(5)9-11(3)7-2/h11,14H,6-10H2,1-5H3. The van der Waals surface area contributed by atoms with Gasteiger partial charge in [-0.25, -0.2) is 0 Å². The molecule has 2 heteroatoms. The molecule has 0 radical (unpaired) electrons. The fraction of sp³-hybridized carbons (Fsp3) is 1.00. The fourth-order valence-corrected chi connectivity index (χ4v) is 1.92. The van der Waals surface area contributed by atoms with E-state index in [-0.39, 0.29) is 0 Å². The van der Waals surface area contributed by atoms with Crippen molar-refractivity contribution in [3.8, 4) is 0 Å². The van der Waals surface area contributed by atoms with E-state index in [0.29, 0.717) is 0 Å². The molecule has 0 aromatic rings. The number of aliphatic hydroxyl groups is 1. The van der Waals surface area contributed by atoms with Gasteiger partial charge in [0.2, 0.25) is 0 Å². The molecule has 2 unspecified atom stereocenters. The molecule has 2 atom stereocenters. The van der Waals surface area contributed by atoms with E-state index in [2.05, 4.69) is 32.7 Å². The molecule has 0 heterocycles. The monoisotopic (exact) mass is 201 g/mol. The molecular weight excluding hydrogens is 174 g/mol. The lowest BCUT2D eigenvalue weighted by Crippen LogP contribution is -2.40. The van der Waals surface area contributed by atoms with Gasteiger partial charge in [0.25, 0.3) is 0 Å². The molecule has 0 amide bonds. The lowest BCUT2D eigenvalue weighted by molar-refractivity contribution is 0.0157. The molecule has 0 aliphatic heterocycles. The minimum absolute atomic E-state index is 0.517. The van der Waals surface area contributed by atoms with Crippen molar-refractivity contribution in [3.05, 3.63) is 0 Å². The highest BCUT2D eigenvalue weighted by Gasteiger charge is 2.21. The largest absolute Gasteiger partial charge is 0.389 e. The average Bonchev–Trinajstić information content (AvgIpc) is 2.02. The predicted octanol–water partition coefficient (Wildman–Crippen LogP) is 2.52. The van der Waals surface area contributed by atoms with Crippen LogP contribution < -0.4 is 0 Å². The van der Waals surface area contributed by atoms with E-state index < -0.39 is 5.60 Å². The summed E-state index contributed by atoms with van der Waals surface area (Å²) in [5.41, 5.74) is -0.517. The molecule has 2 nitrogen and oxygen atoms in total. The Labute approximate surface area is 89.3 Å². The van der Waals surface area contributed by atoms with Crippen LogP contribution in [-0.4, -0.2) is 35.7 Å². The Balaban J connectivity index is 3.85. The lowest BCUT2D eigenvalue weighted by Gasteiger charge is -2.30. The third kappa shape index (κ3) is 6.39. The van der Waals surface area contributed by atoms with Crippen molar-refractivity contribution in [2.45, 2.75) is 52.6 Å². The number of hydrogen-bond acceptors (Lipinski definition) is 2. The van der Waals surface area contributed by atoms with E-state index in [1.54, 1.807) is 0 Å². The van der Waals surface area contributed by atoms with E-state index in [0.717, 1.165) is 31.8 Å². The Kier molecular flexibility index (Phi) is 6.38. The first kappa shape index (κ1) is 13.9. The molecular formula is C12H27NO. The van der Waals surface area contributed by atoms with Crippen LogP contribution in [0.4, 0.5) is 0 Å². The fourth-order valence-electron chi connectivity index (χ4n) is 1.92. The van der Waals surface area contributed by atoms with Crippen LogP contribution in [0.25, 0.3) is 0 Å². The number of nitrogens with zero attached hydrogens (tertiary/aromatic N) is 1. The molecule has 0 fully saturated rings. The summed E-state index contributed by atoms with van der Waals surface area (Å²) in [6.07, 6.45) is 3.14. The van der Waals surface area contributed by atoms with E-state index in [4.69, 9.17) is 0 Å². The molecule has 0 saturated carbocycles. The van der Waals surface area contributed by atoms with Crippen LogP contribution >= 0.6 is 0 Å². The van der Waals surface area contributed by atoms with Gasteiger partial charge >= 0.3 is 0 Å². The second kappa shape index (κ2) is 6.41. The van der Waals surface area contributed by atoms with Crippen molar-refractivity contribution >= 4 is 0 Å². The van der Waals surface area contributed by atoms with Crippen molar-refractivity contribution in [1.82, 2.24) is 4.90 Å². The van der Waals surface area contributed by atoms with Gasteiger partial charge < -0.3 is 10.0 Å². The minimum Gasteiger partial charge on any atom is -0.389 e. The molecule has 0 aliphatic rings. The molecule has 14 heavy (non-hydrogen) atoms. The van der Waals surface area contributed by atoms with Crippen LogP contribution in [-0.2, 0) is 0 Å². The van der Waals surface area contributed by atoms with Crippen LogP contribution in [0, 0.1) is 5.92 Å². The molecule has 0 saturated heterocycles. The van der Waals surface area contributed by atoms with Gasteiger partial charge in [-0.1, -0.05) is 33.6 Å². The third-order valence-corrected chi connectivity index (χ3v) is 2.72.